The fraction of sp³-hybridized carbons (Fsp3) is 0.182. The molecule has 2 rings (SSSR count). The molecule has 4 nitrogen and oxygen atoms in total. The lowest BCUT2D eigenvalue weighted by atomic mass is 10.2. The van der Waals surface area contributed by atoms with Crippen molar-refractivity contribution in [3.05, 3.63) is 38.1 Å². The molecular weight excluding hydrogens is 407 g/mol. The van der Waals surface area contributed by atoms with Crippen molar-refractivity contribution in [2.45, 2.75) is 16.6 Å². The molecule has 0 spiro atoms. The molecule has 0 aliphatic carbocycles. The Balaban J connectivity index is 2.71. The summed E-state index contributed by atoms with van der Waals surface area (Å²) in [4.78, 5) is 11.1. The van der Waals surface area contributed by atoms with Crippen LogP contribution in [0.5, 0.6) is 0 Å². The molecular formula is C11H5Cl2F6N3OS. The fourth-order valence-corrected chi connectivity index (χ4v) is 2.99. The summed E-state index contributed by atoms with van der Waals surface area (Å²) in [5, 5.41) is 0.691. The third kappa shape index (κ3) is 3.62. The van der Waals surface area contributed by atoms with Gasteiger partial charge in [-0.3, -0.25) is 9.89 Å². The molecule has 2 aromatic rings. The predicted octanol–water partition coefficient (Wildman–Crippen LogP) is 4.69. The minimum atomic E-state index is -4.86. The summed E-state index contributed by atoms with van der Waals surface area (Å²) in [5.74, 6) is -0.688. The summed E-state index contributed by atoms with van der Waals surface area (Å²) in [7, 11) is 0. The summed E-state index contributed by atoms with van der Waals surface area (Å²) < 4.78 is 76.3. The number of halogens is 8. The van der Waals surface area contributed by atoms with Gasteiger partial charge in [0.15, 0.2) is 0 Å². The third-order valence-electron chi connectivity index (χ3n) is 2.69. The van der Waals surface area contributed by atoms with Crippen LogP contribution in [0.15, 0.2) is 21.8 Å². The predicted molar refractivity (Wildman–Crippen MR) is 77.7 cm³/mol. The summed E-state index contributed by atoms with van der Waals surface area (Å²) in [5.41, 5.74) is -2.82. The number of benzene rings is 1. The third-order valence-corrected chi connectivity index (χ3v) is 4.21. The van der Waals surface area contributed by atoms with Gasteiger partial charge in [0.05, 0.1) is 15.6 Å². The fourth-order valence-electron chi connectivity index (χ4n) is 1.78. The van der Waals surface area contributed by atoms with E-state index in [0.717, 1.165) is 6.07 Å². The lowest BCUT2D eigenvalue weighted by Crippen LogP contribution is -2.19. The minimum Gasteiger partial charge on any atom is -0.383 e. The number of nitrogens with two attached hydrogens (primary N) is 1. The molecule has 0 atom stereocenters. The molecule has 0 aliphatic rings. The Morgan fingerprint density at radius 1 is 1.12 bits per heavy atom. The Morgan fingerprint density at radius 3 is 2.21 bits per heavy atom. The van der Waals surface area contributed by atoms with E-state index in [2.05, 4.69) is 0 Å². The number of alkyl halides is 6. The second-order valence-corrected chi connectivity index (χ2v) is 6.16. The van der Waals surface area contributed by atoms with E-state index >= 15 is 0 Å². The lowest BCUT2D eigenvalue weighted by molar-refractivity contribution is -0.137. The largest absolute Gasteiger partial charge is 0.446 e. The number of nitrogen functional groups attached to an aromatic ring is 1. The molecule has 0 fully saturated rings. The second-order valence-electron chi connectivity index (χ2n) is 4.30. The molecule has 0 aliphatic heterocycles. The second kappa shape index (κ2) is 6.12. The number of hydrogen-bond donors (Lipinski definition) is 2. The number of aromatic amines is 1. The molecule has 132 valence electrons. The van der Waals surface area contributed by atoms with Gasteiger partial charge in [0.2, 0.25) is 0 Å². The first-order valence-corrected chi connectivity index (χ1v) is 7.32. The van der Waals surface area contributed by atoms with Crippen LogP contribution in [0.2, 0.25) is 10.0 Å². The van der Waals surface area contributed by atoms with Gasteiger partial charge in [-0.05, 0) is 23.9 Å². The minimum absolute atomic E-state index is 0.337. The average molecular weight is 412 g/mol. The number of anilines is 1. The first kappa shape index (κ1) is 18.9. The van der Waals surface area contributed by atoms with Gasteiger partial charge in [0, 0.05) is 0 Å². The first-order chi connectivity index (χ1) is 10.8. The Labute approximate surface area is 143 Å². The summed E-state index contributed by atoms with van der Waals surface area (Å²) in [6, 6.07) is 1.39. The van der Waals surface area contributed by atoms with Gasteiger partial charge < -0.3 is 5.73 Å². The number of nitrogens with zero attached hydrogens (tertiary/aromatic N) is 1. The van der Waals surface area contributed by atoms with Crippen molar-refractivity contribution < 1.29 is 26.3 Å². The molecule has 0 amide bonds. The molecule has 0 saturated heterocycles. The smallest absolute Gasteiger partial charge is 0.383 e. The summed E-state index contributed by atoms with van der Waals surface area (Å²) >= 11 is 10.6. The Kier molecular flexibility index (Phi) is 4.81. The highest BCUT2D eigenvalue weighted by Crippen LogP contribution is 2.41. The van der Waals surface area contributed by atoms with Gasteiger partial charge in [-0.15, -0.1) is 0 Å². The molecule has 0 unspecified atom stereocenters. The van der Waals surface area contributed by atoms with E-state index in [1.165, 1.54) is 0 Å². The van der Waals surface area contributed by atoms with Crippen molar-refractivity contribution in [3.8, 4) is 5.69 Å². The van der Waals surface area contributed by atoms with Crippen molar-refractivity contribution in [2.24, 2.45) is 0 Å². The van der Waals surface area contributed by atoms with Crippen LogP contribution in [-0.4, -0.2) is 15.3 Å². The van der Waals surface area contributed by atoms with E-state index in [-0.39, 0.29) is 5.02 Å². The van der Waals surface area contributed by atoms with Gasteiger partial charge in [-0.1, -0.05) is 23.2 Å². The maximum absolute atomic E-state index is 12.9. The van der Waals surface area contributed by atoms with E-state index in [0.29, 0.717) is 10.7 Å². The molecule has 0 saturated carbocycles. The molecule has 1 aromatic carbocycles. The van der Waals surface area contributed by atoms with Crippen LogP contribution in [0.4, 0.5) is 32.2 Å². The highest BCUT2D eigenvalue weighted by atomic mass is 35.5. The van der Waals surface area contributed by atoms with Gasteiger partial charge in [-0.2, -0.15) is 26.3 Å². The number of thioether (sulfide) groups is 1. The van der Waals surface area contributed by atoms with E-state index in [9.17, 15) is 31.1 Å². The average Bonchev–Trinajstić information content (AvgIpc) is 2.64. The van der Waals surface area contributed by atoms with E-state index in [1.807, 2.05) is 5.10 Å². The standard InChI is InChI=1S/C11H5Cl2F6N3OS/c12-4-2-1-3(10(14,15)16)5(13)6(4)22-9(23)7(8(20)21-22)24-11(17,18)19/h1-2,21H,20H2. The number of nitrogens with one attached hydrogen (secondary N) is 1. The van der Waals surface area contributed by atoms with Crippen LogP contribution in [0.25, 0.3) is 5.69 Å². The normalized spacial score (nSPS) is 12.7. The highest BCUT2D eigenvalue weighted by molar-refractivity contribution is 8.00. The van der Waals surface area contributed by atoms with Crippen molar-refractivity contribution in [1.29, 1.82) is 0 Å². The topological polar surface area (TPSA) is 63.8 Å². The van der Waals surface area contributed by atoms with Crippen LogP contribution >= 0.6 is 35.0 Å². The molecule has 3 N–H and O–H groups in total. The molecule has 0 bridgehead atoms. The maximum Gasteiger partial charge on any atom is 0.446 e. The monoisotopic (exact) mass is 411 g/mol. The van der Waals surface area contributed by atoms with Crippen LogP contribution in [0.3, 0.4) is 0 Å². The van der Waals surface area contributed by atoms with E-state index in [1.54, 1.807) is 0 Å². The van der Waals surface area contributed by atoms with Crippen molar-refractivity contribution in [3.63, 3.8) is 0 Å². The molecule has 24 heavy (non-hydrogen) atoms. The Morgan fingerprint density at radius 2 is 1.71 bits per heavy atom. The van der Waals surface area contributed by atoms with Crippen LogP contribution in [0.1, 0.15) is 5.56 Å². The molecule has 13 heteroatoms. The summed E-state index contributed by atoms with van der Waals surface area (Å²) in [6.45, 7) is 0. The molecule has 0 radical (unpaired) electrons. The Hall–Kier alpha value is -1.46. The van der Waals surface area contributed by atoms with E-state index in [4.69, 9.17) is 28.9 Å². The molecule has 1 aromatic heterocycles. The number of aromatic nitrogens is 2. The van der Waals surface area contributed by atoms with Crippen molar-refractivity contribution in [1.82, 2.24) is 9.78 Å². The van der Waals surface area contributed by atoms with E-state index < -0.39 is 56.0 Å². The maximum atomic E-state index is 12.9. The van der Waals surface area contributed by atoms with Gasteiger partial charge in [-0.25, -0.2) is 4.68 Å². The zero-order valence-electron chi connectivity index (χ0n) is 11.0. The van der Waals surface area contributed by atoms with Crippen LogP contribution in [0, 0.1) is 0 Å². The first-order valence-electron chi connectivity index (χ1n) is 5.74. The van der Waals surface area contributed by atoms with Crippen molar-refractivity contribution >= 4 is 40.8 Å². The summed E-state index contributed by atoms with van der Waals surface area (Å²) in [6.07, 6.45) is -4.86. The Bertz CT molecular complexity index is 842. The zero-order chi connectivity index (χ0) is 18.4. The SMILES string of the molecule is Nc1[nH]n(-c2c(Cl)ccc(C(F)(F)F)c2Cl)c(=O)c1SC(F)(F)F. The number of rotatable bonds is 2. The van der Waals surface area contributed by atoms with Crippen LogP contribution < -0.4 is 11.3 Å². The molecule has 1 heterocycles. The zero-order valence-corrected chi connectivity index (χ0v) is 13.3. The quantitative estimate of drug-likeness (QED) is 0.556. The van der Waals surface area contributed by atoms with Gasteiger partial charge in [0.1, 0.15) is 16.4 Å². The lowest BCUT2D eigenvalue weighted by Gasteiger charge is -2.13. The van der Waals surface area contributed by atoms with Crippen molar-refractivity contribution in [2.75, 3.05) is 5.73 Å². The highest BCUT2D eigenvalue weighted by Gasteiger charge is 2.37. The number of H-pyrrole nitrogens is 1. The van der Waals surface area contributed by atoms with Crippen LogP contribution in [-0.2, 0) is 6.18 Å². The van der Waals surface area contributed by atoms with Gasteiger partial charge >= 0.3 is 11.7 Å². The number of hydrogen-bond acceptors (Lipinski definition) is 3. The van der Waals surface area contributed by atoms with Gasteiger partial charge in [0.25, 0.3) is 5.56 Å².